The van der Waals surface area contributed by atoms with Crippen LogP contribution in [0.5, 0.6) is 0 Å². The number of benzene rings is 1. The fraction of sp³-hybridized carbons (Fsp3) is 0.462. The van der Waals surface area contributed by atoms with Crippen molar-refractivity contribution in [3.63, 3.8) is 0 Å². The highest BCUT2D eigenvalue weighted by Gasteiger charge is 2.27. The molecule has 0 spiro atoms. The summed E-state index contributed by atoms with van der Waals surface area (Å²) >= 11 is 0. The van der Waals surface area contributed by atoms with Crippen molar-refractivity contribution in [3.8, 4) is 0 Å². The highest BCUT2D eigenvalue weighted by Crippen LogP contribution is 2.29. The summed E-state index contributed by atoms with van der Waals surface area (Å²) in [6, 6.07) is 1.51. The molecule has 0 aromatic heterocycles. The van der Waals surface area contributed by atoms with E-state index in [-0.39, 0.29) is 18.2 Å². The van der Waals surface area contributed by atoms with Gasteiger partial charge in [-0.15, -0.1) is 0 Å². The molecule has 0 saturated heterocycles. The number of hydrogen-bond acceptors (Lipinski definition) is 5. The summed E-state index contributed by atoms with van der Waals surface area (Å²) in [5, 5.41) is 32.1. The summed E-state index contributed by atoms with van der Waals surface area (Å²) < 4.78 is 13.8. The fourth-order valence-electron chi connectivity index (χ4n) is 2.52. The van der Waals surface area contributed by atoms with Crippen molar-refractivity contribution in [2.24, 2.45) is 5.92 Å². The van der Waals surface area contributed by atoms with Crippen molar-refractivity contribution in [1.82, 2.24) is 0 Å². The van der Waals surface area contributed by atoms with Gasteiger partial charge in [0.2, 0.25) is 0 Å². The Hall–Kier alpha value is -2.22. The van der Waals surface area contributed by atoms with Gasteiger partial charge in [-0.05, 0) is 18.9 Å². The van der Waals surface area contributed by atoms with Crippen molar-refractivity contribution in [2.75, 3.05) is 11.9 Å². The third-order valence-electron chi connectivity index (χ3n) is 3.69. The van der Waals surface area contributed by atoms with Crippen LogP contribution in [0, 0.1) is 21.8 Å². The molecular formula is C13H15FN2O5. The molecule has 1 saturated carbocycles. The van der Waals surface area contributed by atoms with Gasteiger partial charge in [0.05, 0.1) is 22.8 Å². The Labute approximate surface area is 119 Å². The molecule has 1 aromatic rings. The maximum Gasteiger partial charge on any atom is 0.342 e. The Morgan fingerprint density at radius 3 is 2.71 bits per heavy atom. The Morgan fingerprint density at radius 2 is 2.19 bits per heavy atom. The molecule has 0 amide bonds. The van der Waals surface area contributed by atoms with Crippen LogP contribution in [0.3, 0.4) is 0 Å². The second-order valence-corrected chi connectivity index (χ2v) is 5.05. The number of nitro benzene ring substituents is 1. The van der Waals surface area contributed by atoms with Gasteiger partial charge in [-0.3, -0.25) is 10.1 Å². The van der Waals surface area contributed by atoms with Gasteiger partial charge in [-0.25, -0.2) is 9.18 Å². The van der Waals surface area contributed by atoms with Crippen LogP contribution in [0.2, 0.25) is 0 Å². The van der Waals surface area contributed by atoms with Crippen LogP contribution >= 0.6 is 0 Å². The SMILES string of the molecule is O=C(O)c1cc(NCC2CCCC2O)c(F)cc1[N+](=O)[O-]. The van der Waals surface area contributed by atoms with E-state index in [1.165, 1.54) is 0 Å². The molecule has 21 heavy (non-hydrogen) atoms. The Bertz CT molecular complexity index is 578. The maximum atomic E-state index is 13.8. The van der Waals surface area contributed by atoms with E-state index in [1.54, 1.807) is 0 Å². The zero-order chi connectivity index (χ0) is 15.6. The van der Waals surface area contributed by atoms with E-state index >= 15 is 0 Å². The van der Waals surface area contributed by atoms with E-state index in [2.05, 4.69) is 5.32 Å². The van der Waals surface area contributed by atoms with Crippen molar-refractivity contribution in [3.05, 3.63) is 33.6 Å². The molecule has 1 fully saturated rings. The number of aliphatic hydroxyl groups excluding tert-OH is 1. The summed E-state index contributed by atoms with van der Waals surface area (Å²) in [6.07, 6.45) is 1.92. The lowest BCUT2D eigenvalue weighted by Crippen LogP contribution is -2.22. The third-order valence-corrected chi connectivity index (χ3v) is 3.69. The number of nitrogens with one attached hydrogen (secondary N) is 1. The number of hydrogen-bond donors (Lipinski definition) is 3. The minimum atomic E-state index is -1.49. The molecule has 1 aliphatic carbocycles. The van der Waals surface area contributed by atoms with Gasteiger partial charge >= 0.3 is 5.97 Å². The molecule has 114 valence electrons. The first-order valence-electron chi connectivity index (χ1n) is 6.53. The van der Waals surface area contributed by atoms with Crippen LogP contribution in [0.1, 0.15) is 29.6 Å². The van der Waals surface area contributed by atoms with E-state index < -0.39 is 34.1 Å². The van der Waals surface area contributed by atoms with Crippen LogP contribution in [-0.2, 0) is 0 Å². The fourth-order valence-corrected chi connectivity index (χ4v) is 2.52. The number of nitro groups is 1. The molecule has 7 nitrogen and oxygen atoms in total. The Balaban J connectivity index is 2.21. The normalized spacial score (nSPS) is 21.2. The van der Waals surface area contributed by atoms with Gasteiger partial charge in [0.15, 0.2) is 5.82 Å². The molecule has 1 aromatic carbocycles. The number of anilines is 1. The first-order valence-corrected chi connectivity index (χ1v) is 6.53. The van der Waals surface area contributed by atoms with Crippen molar-refractivity contribution in [2.45, 2.75) is 25.4 Å². The molecule has 2 atom stereocenters. The summed E-state index contributed by atoms with van der Waals surface area (Å²) in [5.74, 6) is -2.42. The van der Waals surface area contributed by atoms with Crippen LogP contribution in [-0.4, -0.2) is 33.8 Å². The highest BCUT2D eigenvalue weighted by molar-refractivity contribution is 5.93. The summed E-state index contributed by atoms with van der Waals surface area (Å²) in [7, 11) is 0. The summed E-state index contributed by atoms with van der Waals surface area (Å²) in [4.78, 5) is 20.8. The van der Waals surface area contributed by atoms with Crippen molar-refractivity contribution < 1.29 is 24.3 Å². The van der Waals surface area contributed by atoms with E-state index in [4.69, 9.17) is 5.11 Å². The molecule has 0 bridgehead atoms. The van der Waals surface area contributed by atoms with E-state index in [1.807, 2.05) is 0 Å². The minimum Gasteiger partial charge on any atom is -0.477 e. The lowest BCUT2D eigenvalue weighted by Gasteiger charge is -2.16. The number of halogens is 1. The van der Waals surface area contributed by atoms with E-state index in [0.717, 1.165) is 18.9 Å². The monoisotopic (exact) mass is 298 g/mol. The van der Waals surface area contributed by atoms with Gasteiger partial charge in [0.25, 0.3) is 5.69 Å². The quantitative estimate of drug-likeness (QED) is 0.566. The number of carbonyl (C=O) groups is 1. The number of aromatic carboxylic acids is 1. The highest BCUT2D eigenvalue weighted by atomic mass is 19.1. The minimum absolute atomic E-state index is 0.0344. The zero-order valence-corrected chi connectivity index (χ0v) is 11.1. The predicted molar refractivity (Wildman–Crippen MR) is 71.9 cm³/mol. The largest absolute Gasteiger partial charge is 0.477 e. The van der Waals surface area contributed by atoms with Gasteiger partial charge in [0.1, 0.15) is 5.56 Å². The topological polar surface area (TPSA) is 113 Å². The molecular weight excluding hydrogens is 283 g/mol. The van der Waals surface area contributed by atoms with Gasteiger partial charge in [0, 0.05) is 12.5 Å². The van der Waals surface area contributed by atoms with Crippen molar-refractivity contribution in [1.29, 1.82) is 0 Å². The molecule has 0 radical (unpaired) electrons. The Kier molecular flexibility index (Phi) is 4.37. The maximum absolute atomic E-state index is 13.8. The second-order valence-electron chi connectivity index (χ2n) is 5.05. The average Bonchev–Trinajstić information content (AvgIpc) is 2.82. The van der Waals surface area contributed by atoms with Crippen LogP contribution in [0.4, 0.5) is 15.8 Å². The molecule has 0 heterocycles. The van der Waals surface area contributed by atoms with E-state index in [0.29, 0.717) is 12.5 Å². The van der Waals surface area contributed by atoms with Gasteiger partial charge in [-0.1, -0.05) is 6.42 Å². The summed E-state index contributed by atoms with van der Waals surface area (Å²) in [5.41, 5.74) is -1.47. The van der Waals surface area contributed by atoms with E-state index in [9.17, 15) is 24.4 Å². The number of carboxylic acids is 1. The lowest BCUT2D eigenvalue weighted by atomic mass is 10.1. The van der Waals surface area contributed by atoms with Gasteiger partial charge in [-0.2, -0.15) is 0 Å². The second kappa shape index (κ2) is 6.04. The number of aliphatic hydroxyl groups is 1. The average molecular weight is 298 g/mol. The smallest absolute Gasteiger partial charge is 0.342 e. The zero-order valence-electron chi connectivity index (χ0n) is 11.1. The molecule has 2 rings (SSSR count). The molecule has 1 aliphatic rings. The Morgan fingerprint density at radius 1 is 1.48 bits per heavy atom. The predicted octanol–water partition coefficient (Wildman–Crippen LogP) is 2.00. The molecule has 3 N–H and O–H groups in total. The molecule has 8 heteroatoms. The number of nitrogens with zero attached hydrogens (tertiary/aromatic N) is 1. The third kappa shape index (κ3) is 3.27. The van der Waals surface area contributed by atoms with Gasteiger partial charge < -0.3 is 15.5 Å². The van der Waals surface area contributed by atoms with Crippen molar-refractivity contribution >= 4 is 17.3 Å². The number of rotatable bonds is 5. The first-order chi connectivity index (χ1) is 9.90. The van der Waals surface area contributed by atoms with Crippen LogP contribution in [0.15, 0.2) is 12.1 Å². The van der Waals surface area contributed by atoms with Crippen LogP contribution < -0.4 is 5.32 Å². The first kappa shape index (κ1) is 15.2. The standard InChI is InChI=1S/C13H15FN2O5/c14-9-5-11(16(20)21)8(13(18)19)4-10(9)15-6-7-2-1-3-12(7)17/h4-5,7,12,15,17H,1-3,6H2,(H,18,19). The number of carboxylic acid groups (broad SMARTS) is 1. The molecule has 2 unspecified atom stereocenters. The molecule has 0 aliphatic heterocycles. The van der Waals surface area contributed by atoms with Crippen LogP contribution in [0.25, 0.3) is 0 Å². The summed E-state index contributed by atoms with van der Waals surface area (Å²) in [6.45, 7) is 0.287. The lowest BCUT2D eigenvalue weighted by molar-refractivity contribution is -0.385.